The molecule has 2 aliphatic carbocycles. The Labute approximate surface area is 131 Å². The van der Waals surface area contributed by atoms with Gasteiger partial charge in [0, 0.05) is 5.41 Å². The number of nitrogens with two attached hydrogens (primary N) is 1. The van der Waals surface area contributed by atoms with Crippen molar-refractivity contribution in [2.45, 2.75) is 29.8 Å². The largest absolute Gasteiger partial charge is 0.396 e. The van der Waals surface area contributed by atoms with E-state index >= 15 is 0 Å². The van der Waals surface area contributed by atoms with Gasteiger partial charge < -0.3 is 31.3 Å². The number of hydrogen-bond acceptors (Lipinski definition) is 9. The number of nitrogens with zero attached hydrogens (tertiary/aromatic N) is 3. The van der Waals surface area contributed by atoms with Gasteiger partial charge in [0.05, 0.1) is 25.4 Å². The molecule has 0 amide bonds. The van der Waals surface area contributed by atoms with Crippen molar-refractivity contribution in [3.63, 3.8) is 0 Å². The summed E-state index contributed by atoms with van der Waals surface area (Å²) in [5.41, 5.74) is 6.07. The van der Waals surface area contributed by atoms with Crippen LogP contribution in [0.15, 0.2) is 5.16 Å². The Bertz CT molecular complexity index is 632. The van der Waals surface area contributed by atoms with E-state index in [1.54, 1.807) is 0 Å². The minimum absolute atomic E-state index is 0.0594. The van der Waals surface area contributed by atoms with Gasteiger partial charge >= 0.3 is 0 Å². The standard InChI is InChI=1S/C13H19N5O3S/c1-22-12-16-10(14)6-11(17-12)18(4-15-6)7-5-2-13(5,3-19)9(21)8(7)20/h5,7-9,15,19-21H,2-4H2,1H3,(H2,14,16,17). The Hall–Kier alpha value is -1.29. The van der Waals surface area contributed by atoms with Crippen molar-refractivity contribution in [2.75, 3.05) is 35.5 Å². The van der Waals surface area contributed by atoms with Crippen molar-refractivity contribution >= 4 is 29.1 Å². The van der Waals surface area contributed by atoms with Crippen LogP contribution in [0.2, 0.25) is 0 Å². The van der Waals surface area contributed by atoms with E-state index in [9.17, 15) is 15.3 Å². The summed E-state index contributed by atoms with van der Waals surface area (Å²) in [6, 6.07) is -0.278. The number of aliphatic hydroxyl groups excluding tert-OH is 3. The molecule has 0 saturated heterocycles. The van der Waals surface area contributed by atoms with Gasteiger partial charge in [0.2, 0.25) is 0 Å². The first-order valence-electron chi connectivity index (χ1n) is 7.22. The van der Waals surface area contributed by atoms with E-state index in [1.807, 2.05) is 11.2 Å². The van der Waals surface area contributed by atoms with E-state index in [-0.39, 0.29) is 18.6 Å². The Kier molecular flexibility index (Phi) is 3.00. The molecule has 1 aromatic heterocycles. The lowest BCUT2D eigenvalue weighted by atomic mass is 10.0. The average Bonchev–Trinajstić information content (AvgIpc) is 3.03. The monoisotopic (exact) mass is 325 g/mol. The van der Waals surface area contributed by atoms with E-state index in [4.69, 9.17) is 5.73 Å². The number of thioether (sulfide) groups is 1. The number of anilines is 3. The number of hydrogen-bond donors (Lipinski definition) is 5. The average molecular weight is 325 g/mol. The Balaban J connectivity index is 1.71. The third-order valence-corrected chi connectivity index (χ3v) is 5.83. The molecular weight excluding hydrogens is 306 g/mol. The molecule has 1 aliphatic heterocycles. The molecule has 9 heteroatoms. The smallest absolute Gasteiger partial charge is 0.191 e. The minimum Gasteiger partial charge on any atom is -0.396 e. The summed E-state index contributed by atoms with van der Waals surface area (Å²) in [5, 5.41) is 34.0. The van der Waals surface area contributed by atoms with Crippen LogP contribution in [0.1, 0.15) is 6.42 Å². The van der Waals surface area contributed by atoms with E-state index in [0.29, 0.717) is 35.6 Å². The maximum atomic E-state index is 10.4. The van der Waals surface area contributed by atoms with Crippen LogP contribution in [-0.4, -0.2) is 63.1 Å². The highest BCUT2D eigenvalue weighted by molar-refractivity contribution is 7.98. The predicted octanol–water partition coefficient (Wildman–Crippen LogP) is -0.927. The zero-order chi connectivity index (χ0) is 15.6. The maximum Gasteiger partial charge on any atom is 0.191 e. The van der Waals surface area contributed by atoms with Gasteiger partial charge in [-0.3, -0.25) is 0 Å². The van der Waals surface area contributed by atoms with Crippen molar-refractivity contribution in [1.82, 2.24) is 9.97 Å². The first-order chi connectivity index (χ1) is 10.5. The van der Waals surface area contributed by atoms with Crippen molar-refractivity contribution in [2.24, 2.45) is 11.3 Å². The number of nitrogens with one attached hydrogen (secondary N) is 1. The van der Waals surface area contributed by atoms with Gasteiger partial charge in [-0.05, 0) is 18.6 Å². The van der Waals surface area contributed by atoms with Crippen LogP contribution >= 0.6 is 11.8 Å². The molecule has 6 N–H and O–H groups in total. The molecule has 4 rings (SSSR count). The topological polar surface area (TPSA) is 128 Å². The van der Waals surface area contributed by atoms with Gasteiger partial charge in [-0.15, -0.1) is 0 Å². The van der Waals surface area contributed by atoms with Gasteiger partial charge in [0.1, 0.15) is 11.8 Å². The molecule has 3 aliphatic rings. The lowest BCUT2D eigenvalue weighted by Crippen LogP contribution is -2.47. The fraction of sp³-hybridized carbons (Fsp3) is 0.692. The Morgan fingerprint density at radius 2 is 2.23 bits per heavy atom. The molecule has 1 aromatic rings. The molecule has 2 fully saturated rings. The predicted molar refractivity (Wildman–Crippen MR) is 82.6 cm³/mol. The number of nitrogen functional groups attached to an aromatic ring is 1. The summed E-state index contributed by atoms with van der Waals surface area (Å²) in [4.78, 5) is 10.6. The third kappa shape index (κ3) is 1.65. The molecule has 120 valence electrons. The summed E-state index contributed by atoms with van der Waals surface area (Å²) in [5.74, 6) is 1.10. The van der Waals surface area contributed by atoms with Crippen LogP contribution in [0.3, 0.4) is 0 Å². The zero-order valence-corrected chi connectivity index (χ0v) is 12.9. The van der Waals surface area contributed by atoms with Crippen LogP contribution in [0.5, 0.6) is 0 Å². The van der Waals surface area contributed by atoms with E-state index in [1.165, 1.54) is 11.8 Å². The second-order valence-corrected chi connectivity index (χ2v) is 7.00. The van der Waals surface area contributed by atoms with E-state index in [0.717, 1.165) is 0 Å². The third-order valence-electron chi connectivity index (χ3n) is 5.29. The zero-order valence-electron chi connectivity index (χ0n) is 12.1. The molecule has 5 atom stereocenters. The molecule has 2 heterocycles. The number of fused-ring (bicyclic) bond motifs is 2. The Morgan fingerprint density at radius 3 is 2.86 bits per heavy atom. The number of rotatable bonds is 3. The summed E-state index contributed by atoms with van der Waals surface area (Å²) in [6.07, 6.45) is 0.775. The molecule has 5 unspecified atom stereocenters. The van der Waals surface area contributed by atoms with Crippen molar-refractivity contribution in [1.29, 1.82) is 0 Å². The highest BCUT2D eigenvalue weighted by Crippen LogP contribution is 2.65. The lowest BCUT2D eigenvalue weighted by Gasteiger charge is -2.30. The van der Waals surface area contributed by atoms with Crippen LogP contribution < -0.4 is 16.0 Å². The van der Waals surface area contributed by atoms with Crippen molar-refractivity contribution in [3.8, 4) is 0 Å². The molecule has 2 saturated carbocycles. The quantitative estimate of drug-likeness (QED) is 0.354. The second kappa shape index (κ2) is 4.60. The second-order valence-electron chi connectivity index (χ2n) is 6.23. The van der Waals surface area contributed by atoms with Crippen LogP contribution in [0.4, 0.5) is 17.3 Å². The minimum atomic E-state index is -0.910. The van der Waals surface area contributed by atoms with Crippen LogP contribution in [0, 0.1) is 11.3 Å². The summed E-state index contributed by atoms with van der Waals surface area (Å²) < 4.78 is 0. The molecule has 22 heavy (non-hydrogen) atoms. The molecule has 0 bridgehead atoms. The normalized spacial score (nSPS) is 38.6. The number of aromatic nitrogens is 2. The highest BCUT2D eigenvalue weighted by atomic mass is 32.2. The van der Waals surface area contributed by atoms with Crippen LogP contribution in [0.25, 0.3) is 0 Å². The van der Waals surface area contributed by atoms with Gasteiger partial charge in [0.15, 0.2) is 16.8 Å². The first kappa shape index (κ1) is 14.3. The van der Waals surface area contributed by atoms with Gasteiger partial charge in [-0.1, -0.05) is 11.8 Å². The number of aliphatic hydroxyl groups is 3. The molecule has 0 spiro atoms. The molecular formula is C13H19N5O3S. The SMILES string of the molecule is CSc1nc(N)c2c(n1)N(C1C(O)C(O)C3(CO)CC13)CN2. The van der Waals surface area contributed by atoms with E-state index < -0.39 is 17.6 Å². The van der Waals surface area contributed by atoms with Crippen molar-refractivity contribution < 1.29 is 15.3 Å². The summed E-state index contributed by atoms with van der Waals surface area (Å²) in [7, 11) is 0. The molecule has 0 radical (unpaired) electrons. The summed E-state index contributed by atoms with van der Waals surface area (Å²) >= 11 is 1.40. The molecule has 8 nitrogen and oxygen atoms in total. The fourth-order valence-electron chi connectivity index (χ4n) is 3.99. The fourth-order valence-corrected chi connectivity index (χ4v) is 4.36. The highest BCUT2D eigenvalue weighted by Gasteiger charge is 2.72. The van der Waals surface area contributed by atoms with E-state index in [2.05, 4.69) is 15.3 Å². The maximum absolute atomic E-state index is 10.4. The van der Waals surface area contributed by atoms with Gasteiger partial charge in [-0.25, -0.2) is 9.97 Å². The first-order valence-corrected chi connectivity index (χ1v) is 8.45. The summed E-state index contributed by atoms with van der Waals surface area (Å²) in [6.45, 7) is 0.348. The van der Waals surface area contributed by atoms with Crippen molar-refractivity contribution in [3.05, 3.63) is 0 Å². The van der Waals surface area contributed by atoms with Gasteiger partial charge in [-0.2, -0.15) is 0 Å². The van der Waals surface area contributed by atoms with Gasteiger partial charge in [0.25, 0.3) is 0 Å². The molecule has 0 aromatic carbocycles. The lowest BCUT2D eigenvalue weighted by molar-refractivity contribution is -0.0232. The van der Waals surface area contributed by atoms with Crippen LogP contribution in [-0.2, 0) is 0 Å². The Morgan fingerprint density at radius 1 is 1.45 bits per heavy atom.